The average molecular weight is 288 g/mol. The molecular formula is C13H7F2KO3. The van der Waals surface area contributed by atoms with Crippen LogP contribution in [0.25, 0.3) is 11.1 Å². The van der Waals surface area contributed by atoms with E-state index in [0.717, 1.165) is 18.2 Å². The van der Waals surface area contributed by atoms with Crippen LogP contribution in [0.1, 0.15) is 10.4 Å². The van der Waals surface area contributed by atoms with Crippen LogP contribution < -0.4 is 56.5 Å². The first-order valence-electron chi connectivity index (χ1n) is 4.99. The quantitative estimate of drug-likeness (QED) is 0.699. The molecule has 0 spiro atoms. The number of halogens is 2. The van der Waals surface area contributed by atoms with Crippen molar-refractivity contribution in [3.63, 3.8) is 0 Å². The van der Waals surface area contributed by atoms with E-state index in [-0.39, 0.29) is 62.5 Å². The van der Waals surface area contributed by atoms with Crippen LogP contribution in [0.4, 0.5) is 8.78 Å². The fourth-order valence-corrected chi connectivity index (χ4v) is 1.59. The summed E-state index contributed by atoms with van der Waals surface area (Å²) in [5, 5.41) is 20.0. The Morgan fingerprint density at radius 3 is 2.37 bits per heavy atom. The zero-order valence-corrected chi connectivity index (χ0v) is 13.1. The molecule has 0 saturated heterocycles. The summed E-state index contributed by atoms with van der Waals surface area (Å²) in [6.07, 6.45) is 0. The van der Waals surface area contributed by atoms with Crippen molar-refractivity contribution >= 4 is 5.97 Å². The van der Waals surface area contributed by atoms with Gasteiger partial charge in [-0.05, 0) is 29.8 Å². The molecular weight excluding hydrogens is 281 g/mol. The third kappa shape index (κ3) is 3.61. The number of carboxylic acids is 1. The van der Waals surface area contributed by atoms with Gasteiger partial charge >= 0.3 is 51.4 Å². The largest absolute Gasteiger partial charge is 1.00 e. The molecule has 19 heavy (non-hydrogen) atoms. The van der Waals surface area contributed by atoms with E-state index in [0.29, 0.717) is 6.07 Å². The number of aromatic hydroxyl groups is 1. The number of carbonyl (C=O) groups is 1. The van der Waals surface area contributed by atoms with Crippen molar-refractivity contribution in [2.24, 2.45) is 0 Å². The number of hydrogen-bond donors (Lipinski definition) is 1. The molecule has 0 heterocycles. The van der Waals surface area contributed by atoms with Gasteiger partial charge in [0.15, 0.2) is 0 Å². The average Bonchev–Trinajstić information content (AvgIpc) is 2.30. The minimum Gasteiger partial charge on any atom is -0.545 e. The molecule has 0 bridgehead atoms. The minimum atomic E-state index is -1.57. The molecule has 92 valence electrons. The molecule has 0 aliphatic heterocycles. The second-order valence-electron chi connectivity index (χ2n) is 3.64. The number of rotatable bonds is 2. The van der Waals surface area contributed by atoms with Crippen LogP contribution in [0.15, 0.2) is 36.4 Å². The Bertz CT molecular complexity index is 629. The molecule has 0 atom stereocenters. The zero-order chi connectivity index (χ0) is 13.3. The topological polar surface area (TPSA) is 60.4 Å². The monoisotopic (exact) mass is 288 g/mol. The summed E-state index contributed by atoms with van der Waals surface area (Å²) in [5.41, 5.74) is -0.195. The maximum atomic E-state index is 13.5. The minimum absolute atomic E-state index is 0. The number of aromatic carboxylic acids is 1. The second-order valence-corrected chi connectivity index (χ2v) is 3.64. The van der Waals surface area contributed by atoms with E-state index < -0.39 is 28.9 Å². The normalized spacial score (nSPS) is 9.79. The third-order valence-corrected chi connectivity index (χ3v) is 2.46. The SMILES string of the molecule is O=C([O-])c1cc(-c2ccc(F)cc2F)ccc1O.[K+]. The van der Waals surface area contributed by atoms with Crippen molar-refractivity contribution in [3.05, 3.63) is 53.6 Å². The Morgan fingerprint density at radius 1 is 1.11 bits per heavy atom. The Morgan fingerprint density at radius 2 is 1.79 bits per heavy atom. The van der Waals surface area contributed by atoms with Gasteiger partial charge in [-0.1, -0.05) is 6.07 Å². The molecule has 3 nitrogen and oxygen atoms in total. The van der Waals surface area contributed by atoms with E-state index in [1.807, 2.05) is 0 Å². The van der Waals surface area contributed by atoms with E-state index >= 15 is 0 Å². The predicted octanol–water partition coefficient (Wildman–Crippen LogP) is -1.30. The van der Waals surface area contributed by atoms with Gasteiger partial charge in [0.25, 0.3) is 0 Å². The van der Waals surface area contributed by atoms with Gasteiger partial charge in [0.1, 0.15) is 17.4 Å². The van der Waals surface area contributed by atoms with Crippen molar-refractivity contribution in [1.29, 1.82) is 0 Å². The predicted molar refractivity (Wildman–Crippen MR) is 57.8 cm³/mol. The van der Waals surface area contributed by atoms with Crippen LogP contribution >= 0.6 is 0 Å². The van der Waals surface area contributed by atoms with Gasteiger partial charge in [-0.15, -0.1) is 0 Å². The molecule has 1 N–H and O–H groups in total. The van der Waals surface area contributed by atoms with Crippen LogP contribution in [-0.4, -0.2) is 11.1 Å². The van der Waals surface area contributed by atoms with E-state index in [1.165, 1.54) is 12.1 Å². The second kappa shape index (κ2) is 6.58. The Labute approximate surface area is 150 Å². The van der Waals surface area contributed by atoms with Crippen LogP contribution in [0, 0.1) is 11.6 Å². The summed E-state index contributed by atoms with van der Waals surface area (Å²) >= 11 is 0. The Hall–Kier alpha value is -0.794. The van der Waals surface area contributed by atoms with Crippen LogP contribution in [0.5, 0.6) is 5.75 Å². The standard InChI is InChI=1S/C13H8F2O3.K/c14-8-2-3-9(11(15)6-8)7-1-4-12(16)10(5-7)13(17)18;/h1-6,16H,(H,17,18);/q;+1/p-1. The molecule has 0 unspecified atom stereocenters. The molecule has 0 radical (unpaired) electrons. The van der Waals surface area contributed by atoms with Crippen molar-refractivity contribution in [2.45, 2.75) is 0 Å². The van der Waals surface area contributed by atoms with Gasteiger partial charge in [-0.3, -0.25) is 0 Å². The van der Waals surface area contributed by atoms with Crippen molar-refractivity contribution in [1.82, 2.24) is 0 Å². The summed E-state index contributed by atoms with van der Waals surface area (Å²) in [6.45, 7) is 0. The number of benzene rings is 2. The molecule has 2 aromatic rings. The number of carboxylic acid groups (broad SMARTS) is 1. The molecule has 0 fully saturated rings. The third-order valence-electron chi connectivity index (χ3n) is 2.46. The fraction of sp³-hybridized carbons (Fsp3) is 0. The summed E-state index contributed by atoms with van der Waals surface area (Å²) in [7, 11) is 0. The van der Waals surface area contributed by atoms with Gasteiger partial charge in [0.05, 0.1) is 5.97 Å². The van der Waals surface area contributed by atoms with E-state index in [2.05, 4.69) is 0 Å². The van der Waals surface area contributed by atoms with Crippen LogP contribution in [0.3, 0.4) is 0 Å². The fourth-order valence-electron chi connectivity index (χ4n) is 1.59. The molecule has 2 rings (SSSR count). The number of carbonyl (C=O) groups excluding carboxylic acids is 1. The van der Waals surface area contributed by atoms with Gasteiger partial charge in [-0.2, -0.15) is 0 Å². The van der Waals surface area contributed by atoms with Gasteiger partial charge < -0.3 is 15.0 Å². The smallest absolute Gasteiger partial charge is 0.545 e. The van der Waals surface area contributed by atoms with Gasteiger partial charge in [0, 0.05) is 17.2 Å². The summed E-state index contributed by atoms with van der Waals surface area (Å²) in [6, 6.07) is 6.46. The van der Waals surface area contributed by atoms with Gasteiger partial charge in [0.2, 0.25) is 0 Å². The first-order valence-corrected chi connectivity index (χ1v) is 4.99. The first-order chi connectivity index (χ1) is 8.49. The molecule has 2 aromatic carbocycles. The van der Waals surface area contributed by atoms with E-state index in [1.54, 1.807) is 0 Å². The number of phenols is 1. The maximum absolute atomic E-state index is 13.5. The summed E-state index contributed by atoms with van der Waals surface area (Å²) < 4.78 is 26.3. The first kappa shape index (κ1) is 16.3. The molecule has 0 aliphatic carbocycles. The summed E-state index contributed by atoms with van der Waals surface area (Å²) in [4.78, 5) is 10.7. The van der Waals surface area contributed by atoms with Crippen molar-refractivity contribution in [2.75, 3.05) is 0 Å². The van der Waals surface area contributed by atoms with Gasteiger partial charge in [-0.25, -0.2) is 8.78 Å². The molecule has 0 saturated carbocycles. The van der Waals surface area contributed by atoms with E-state index in [4.69, 9.17) is 0 Å². The molecule has 0 aliphatic rings. The maximum Gasteiger partial charge on any atom is 1.00 e. The van der Waals surface area contributed by atoms with Crippen molar-refractivity contribution in [3.8, 4) is 16.9 Å². The van der Waals surface area contributed by atoms with Crippen molar-refractivity contribution < 1.29 is 75.2 Å². The molecule has 6 heteroatoms. The molecule has 0 aromatic heterocycles. The van der Waals surface area contributed by atoms with E-state index in [9.17, 15) is 23.8 Å². The molecule has 0 amide bonds. The zero-order valence-electron chi connectivity index (χ0n) is 9.98. The van der Waals surface area contributed by atoms with Crippen LogP contribution in [0.2, 0.25) is 0 Å². The Balaban J connectivity index is 0.00000180. The summed E-state index contributed by atoms with van der Waals surface area (Å²) in [5.74, 6) is -3.58. The number of hydrogen-bond acceptors (Lipinski definition) is 3. The Kier molecular flexibility index (Phi) is 5.63. The van der Waals surface area contributed by atoms with Crippen LogP contribution in [-0.2, 0) is 0 Å².